The zero-order valence-electron chi connectivity index (χ0n) is 10.2. The topological polar surface area (TPSA) is 25.8 Å². The SMILES string of the molecule is Fc1cc(F)c2nc(-c3cccc(F)c3Cl)nc(Cl)c2c1. The van der Waals surface area contributed by atoms with Crippen molar-refractivity contribution in [2.45, 2.75) is 0 Å². The standard InChI is InChI=1S/C14H5Cl2F3N2/c15-11-7(2-1-3-9(11)18)14-20-12-8(13(16)21-14)4-6(17)5-10(12)19/h1-5H. The molecule has 0 saturated heterocycles. The average Bonchev–Trinajstić information content (AvgIpc) is 2.43. The Hall–Kier alpha value is -1.85. The predicted octanol–water partition coefficient (Wildman–Crippen LogP) is 5.02. The van der Waals surface area contributed by atoms with Gasteiger partial charge < -0.3 is 0 Å². The van der Waals surface area contributed by atoms with Gasteiger partial charge >= 0.3 is 0 Å². The van der Waals surface area contributed by atoms with Crippen LogP contribution in [0.1, 0.15) is 0 Å². The highest BCUT2D eigenvalue weighted by Crippen LogP contribution is 2.31. The average molecular weight is 329 g/mol. The lowest BCUT2D eigenvalue weighted by Crippen LogP contribution is -1.96. The lowest BCUT2D eigenvalue weighted by Gasteiger charge is -2.07. The van der Waals surface area contributed by atoms with Crippen LogP contribution in [0.25, 0.3) is 22.3 Å². The van der Waals surface area contributed by atoms with E-state index in [9.17, 15) is 13.2 Å². The summed E-state index contributed by atoms with van der Waals surface area (Å²) in [5, 5.41) is -0.311. The van der Waals surface area contributed by atoms with E-state index in [0.29, 0.717) is 6.07 Å². The molecule has 0 saturated carbocycles. The van der Waals surface area contributed by atoms with Gasteiger partial charge in [-0.15, -0.1) is 0 Å². The molecule has 3 aromatic rings. The molecule has 2 nitrogen and oxygen atoms in total. The van der Waals surface area contributed by atoms with E-state index < -0.39 is 17.5 Å². The molecule has 0 aliphatic rings. The van der Waals surface area contributed by atoms with Gasteiger partial charge in [-0.05, 0) is 18.2 Å². The van der Waals surface area contributed by atoms with Crippen LogP contribution in [0.2, 0.25) is 10.2 Å². The van der Waals surface area contributed by atoms with Gasteiger partial charge in [0.25, 0.3) is 0 Å². The van der Waals surface area contributed by atoms with Gasteiger partial charge in [-0.1, -0.05) is 29.3 Å². The van der Waals surface area contributed by atoms with Crippen LogP contribution in [0, 0.1) is 17.5 Å². The van der Waals surface area contributed by atoms with Crippen LogP contribution in [0.5, 0.6) is 0 Å². The number of benzene rings is 2. The Morgan fingerprint density at radius 2 is 1.67 bits per heavy atom. The fourth-order valence-electron chi connectivity index (χ4n) is 1.92. The summed E-state index contributed by atoms with van der Waals surface area (Å²) >= 11 is 11.8. The fourth-order valence-corrected chi connectivity index (χ4v) is 2.35. The Morgan fingerprint density at radius 3 is 2.43 bits per heavy atom. The fraction of sp³-hybridized carbons (Fsp3) is 0. The Labute approximate surface area is 127 Å². The number of hydrogen-bond donors (Lipinski definition) is 0. The number of aromatic nitrogens is 2. The molecule has 2 aromatic carbocycles. The molecule has 0 aliphatic carbocycles. The van der Waals surface area contributed by atoms with Crippen LogP contribution in [-0.4, -0.2) is 9.97 Å². The van der Waals surface area contributed by atoms with Crippen molar-refractivity contribution in [2.24, 2.45) is 0 Å². The molecule has 0 radical (unpaired) electrons. The first-order valence-corrected chi connectivity index (χ1v) is 6.49. The Bertz CT molecular complexity index is 868. The van der Waals surface area contributed by atoms with Crippen molar-refractivity contribution in [1.29, 1.82) is 0 Å². The quantitative estimate of drug-likeness (QED) is 0.586. The maximum atomic E-state index is 13.8. The van der Waals surface area contributed by atoms with Gasteiger partial charge in [0, 0.05) is 17.0 Å². The van der Waals surface area contributed by atoms with Gasteiger partial charge in [0.05, 0.1) is 5.02 Å². The molecule has 21 heavy (non-hydrogen) atoms. The lowest BCUT2D eigenvalue weighted by atomic mass is 10.2. The third kappa shape index (κ3) is 2.43. The van der Waals surface area contributed by atoms with E-state index in [1.807, 2.05) is 0 Å². The predicted molar refractivity (Wildman–Crippen MR) is 74.9 cm³/mol. The van der Waals surface area contributed by atoms with Gasteiger partial charge in [-0.2, -0.15) is 0 Å². The lowest BCUT2D eigenvalue weighted by molar-refractivity contribution is 0.590. The Balaban J connectivity index is 2.33. The van der Waals surface area contributed by atoms with E-state index in [1.165, 1.54) is 18.2 Å². The normalized spacial score (nSPS) is 11.1. The second-order valence-electron chi connectivity index (χ2n) is 4.22. The van der Waals surface area contributed by atoms with Crippen molar-refractivity contribution >= 4 is 34.1 Å². The summed E-state index contributed by atoms with van der Waals surface area (Å²) in [7, 11) is 0. The van der Waals surface area contributed by atoms with Crippen LogP contribution in [-0.2, 0) is 0 Å². The van der Waals surface area contributed by atoms with Gasteiger partial charge in [0.2, 0.25) is 0 Å². The molecule has 0 N–H and O–H groups in total. The van der Waals surface area contributed by atoms with E-state index in [-0.39, 0.29) is 32.5 Å². The second kappa shape index (κ2) is 5.16. The first kappa shape index (κ1) is 14.1. The minimum Gasteiger partial charge on any atom is -0.225 e. The Morgan fingerprint density at radius 1 is 0.905 bits per heavy atom. The third-order valence-electron chi connectivity index (χ3n) is 2.86. The van der Waals surface area contributed by atoms with Crippen molar-refractivity contribution in [2.75, 3.05) is 0 Å². The monoisotopic (exact) mass is 328 g/mol. The van der Waals surface area contributed by atoms with E-state index in [1.54, 1.807) is 0 Å². The van der Waals surface area contributed by atoms with E-state index in [4.69, 9.17) is 23.2 Å². The number of rotatable bonds is 1. The minimum absolute atomic E-state index is 0.0328. The van der Waals surface area contributed by atoms with Gasteiger partial charge in [0.15, 0.2) is 11.6 Å². The minimum atomic E-state index is -0.886. The van der Waals surface area contributed by atoms with Crippen LogP contribution < -0.4 is 0 Å². The molecule has 0 bridgehead atoms. The third-order valence-corrected chi connectivity index (χ3v) is 3.54. The highest BCUT2D eigenvalue weighted by atomic mass is 35.5. The smallest absolute Gasteiger partial charge is 0.163 e. The Kier molecular flexibility index (Phi) is 3.47. The molecule has 7 heteroatoms. The van der Waals surface area contributed by atoms with Gasteiger partial charge in [0.1, 0.15) is 22.3 Å². The van der Waals surface area contributed by atoms with Crippen LogP contribution in [0.4, 0.5) is 13.2 Å². The summed E-state index contributed by atoms with van der Waals surface area (Å²) in [6, 6.07) is 5.77. The van der Waals surface area contributed by atoms with Crippen molar-refractivity contribution in [3.8, 4) is 11.4 Å². The summed E-state index contributed by atoms with van der Waals surface area (Å²) in [5.74, 6) is -2.37. The second-order valence-corrected chi connectivity index (χ2v) is 4.96. The number of hydrogen-bond acceptors (Lipinski definition) is 2. The molecule has 1 heterocycles. The largest absolute Gasteiger partial charge is 0.225 e. The van der Waals surface area contributed by atoms with Crippen LogP contribution in [0.15, 0.2) is 30.3 Å². The van der Waals surface area contributed by atoms with Crippen molar-refractivity contribution in [3.63, 3.8) is 0 Å². The highest BCUT2D eigenvalue weighted by molar-refractivity contribution is 6.35. The summed E-state index contributed by atoms with van der Waals surface area (Å²) in [6.45, 7) is 0. The summed E-state index contributed by atoms with van der Waals surface area (Å²) in [5.41, 5.74) is 0.0101. The zero-order chi connectivity index (χ0) is 15.1. The summed E-state index contributed by atoms with van der Waals surface area (Å²) in [6.07, 6.45) is 0. The van der Waals surface area contributed by atoms with E-state index >= 15 is 0 Å². The molecule has 3 rings (SSSR count). The van der Waals surface area contributed by atoms with Crippen LogP contribution >= 0.6 is 23.2 Å². The van der Waals surface area contributed by atoms with Crippen LogP contribution in [0.3, 0.4) is 0 Å². The van der Waals surface area contributed by atoms with E-state index in [2.05, 4.69) is 9.97 Å². The molecule has 0 amide bonds. The molecular weight excluding hydrogens is 324 g/mol. The van der Waals surface area contributed by atoms with Crippen molar-refractivity contribution < 1.29 is 13.2 Å². The maximum absolute atomic E-state index is 13.8. The zero-order valence-corrected chi connectivity index (χ0v) is 11.7. The number of nitrogens with zero attached hydrogens (tertiary/aromatic N) is 2. The van der Waals surface area contributed by atoms with Crippen molar-refractivity contribution in [3.05, 3.63) is 58.0 Å². The van der Waals surface area contributed by atoms with Gasteiger partial charge in [-0.3, -0.25) is 0 Å². The molecule has 0 spiro atoms. The molecular formula is C14H5Cl2F3N2. The summed E-state index contributed by atoms with van der Waals surface area (Å²) in [4.78, 5) is 7.89. The first-order valence-electron chi connectivity index (χ1n) is 5.74. The van der Waals surface area contributed by atoms with E-state index in [0.717, 1.165) is 6.07 Å². The molecule has 0 unspecified atom stereocenters. The molecule has 0 atom stereocenters. The maximum Gasteiger partial charge on any atom is 0.163 e. The molecule has 0 aliphatic heterocycles. The first-order chi connectivity index (χ1) is 9.97. The summed E-state index contributed by atoms with van der Waals surface area (Å²) < 4.78 is 40.5. The molecule has 106 valence electrons. The highest BCUT2D eigenvalue weighted by Gasteiger charge is 2.16. The number of fused-ring (bicyclic) bond motifs is 1. The number of halogens is 5. The van der Waals surface area contributed by atoms with Gasteiger partial charge in [-0.25, -0.2) is 23.1 Å². The van der Waals surface area contributed by atoms with Crippen molar-refractivity contribution in [1.82, 2.24) is 9.97 Å². The molecule has 0 fully saturated rings. The molecule has 1 aromatic heterocycles.